The summed E-state index contributed by atoms with van der Waals surface area (Å²) in [5.41, 5.74) is 0. The van der Waals surface area contributed by atoms with Gasteiger partial charge in [-0.1, -0.05) is 275 Å². The maximum absolute atomic E-state index is 13.6. The molecule has 0 spiro atoms. The zero-order valence-corrected chi connectivity index (χ0v) is 53.3. The molecule has 0 aromatic carbocycles. The Morgan fingerprint density at radius 2 is 0.782 bits per heavy atom. The molecule has 1 N–H and O–H groups in total. The van der Waals surface area contributed by atoms with Crippen molar-refractivity contribution in [3.63, 3.8) is 0 Å². The maximum atomic E-state index is 13.6. The zero-order valence-electron chi connectivity index (χ0n) is 52.4. The summed E-state index contributed by atoms with van der Waals surface area (Å²) in [6, 6.07) is -0.892. The molecule has 9 nitrogen and oxygen atoms in total. The number of hydrogen-bond acceptors (Lipinski definition) is 7. The van der Waals surface area contributed by atoms with E-state index in [1.165, 1.54) is 212 Å². The number of phosphoric ester groups is 1. The molecule has 0 heterocycles. The van der Waals surface area contributed by atoms with E-state index >= 15 is 0 Å². The third kappa shape index (κ3) is 58.6. The van der Waals surface area contributed by atoms with Crippen molar-refractivity contribution in [1.82, 2.24) is 5.32 Å². The topological polar surface area (TPSA) is 114 Å². The summed E-state index contributed by atoms with van der Waals surface area (Å²) in [5, 5.41) is 3.04. The first-order chi connectivity index (χ1) is 37.9. The molecule has 0 rings (SSSR count). The fourth-order valence-electron chi connectivity index (χ4n) is 9.80. The molecule has 0 aliphatic carbocycles. The Labute approximate surface area is 484 Å². The van der Waals surface area contributed by atoms with Gasteiger partial charge in [0.1, 0.15) is 19.3 Å². The van der Waals surface area contributed by atoms with Gasteiger partial charge in [-0.3, -0.25) is 14.2 Å². The Kier molecular flexibility index (Phi) is 56.7. The minimum absolute atomic E-state index is 0.0233. The number of nitrogens with zero attached hydrogens (tertiary/aromatic N) is 1. The van der Waals surface area contributed by atoms with E-state index in [1.54, 1.807) is 0 Å². The zero-order chi connectivity index (χ0) is 57.2. The number of amides is 1. The molecular weight excluding hydrogens is 988 g/mol. The standard InChI is InChI=1S/C68H129N2O7P/c1-7-10-13-16-19-22-25-28-30-31-32-33-34-35-36-37-38-39-41-42-45-48-51-54-57-60-67(71)69-65(64-76-78(73,74)75-63-62-70(4,5)6)66(59-56-53-50-47-44-27-24-21-18-15-12-9-3)77-68(72)61-58-55-52-49-46-43-40-29-26-23-20-17-14-11-8-2/h20,23,26,28-30,56,59,65-66H,7-19,21-22,24-25,27,31-55,57-58,60-64H2,1-6H3,(H-,69,71,73,74)/b23-20+,29-26+,30-28+,59-56-. The smallest absolute Gasteiger partial charge is 0.306 e. The second-order valence-electron chi connectivity index (χ2n) is 24.0. The normalized spacial score (nSPS) is 13.9. The van der Waals surface area contributed by atoms with Gasteiger partial charge in [-0.2, -0.15) is 0 Å². The number of carbonyl (C=O) groups excluding carboxylic acids is 2. The van der Waals surface area contributed by atoms with Crippen LogP contribution in [0.1, 0.15) is 323 Å². The third-order valence-corrected chi connectivity index (χ3v) is 16.0. The molecule has 1 amide bonds. The molecule has 0 radical (unpaired) electrons. The Morgan fingerprint density at radius 1 is 0.449 bits per heavy atom. The number of nitrogens with one attached hydrogen (secondary N) is 1. The van der Waals surface area contributed by atoms with Crippen LogP contribution in [0.4, 0.5) is 0 Å². The molecule has 458 valence electrons. The minimum Gasteiger partial charge on any atom is -0.756 e. The summed E-state index contributed by atoms with van der Waals surface area (Å²) in [7, 11) is 1.19. The van der Waals surface area contributed by atoms with E-state index in [-0.39, 0.29) is 31.5 Å². The summed E-state index contributed by atoms with van der Waals surface area (Å²) in [4.78, 5) is 40.0. The van der Waals surface area contributed by atoms with E-state index in [4.69, 9.17) is 13.8 Å². The van der Waals surface area contributed by atoms with Gasteiger partial charge < -0.3 is 28.5 Å². The molecule has 0 aliphatic rings. The monoisotopic (exact) mass is 1120 g/mol. The Balaban J connectivity index is 5.07. The highest BCUT2D eigenvalue weighted by Crippen LogP contribution is 2.38. The second-order valence-corrected chi connectivity index (χ2v) is 25.4. The van der Waals surface area contributed by atoms with Gasteiger partial charge in [-0.15, -0.1) is 0 Å². The van der Waals surface area contributed by atoms with Gasteiger partial charge in [0.2, 0.25) is 5.91 Å². The van der Waals surface area contributed by atoms with Crippen LogP contribution in [-0.4, -0.2) is 69.4 Å². The molecule has 3 atom stereocenters. The molecule has 0 fully saturated rings. The van der Waals surface area contributed by atoms with Gasteiger partial charge in [0.15, 0.2) is 0 Å². The number of esters is 1. The minimum atomic E-state index is -4.70. The molecule has 10 heteroatoms. The van der Waals surface area contributed by atoms with E-state index in [1.807, 2.05) is 33.3 Å². The summed E-state index contributed by atoms with van der Waals surface area (Å²) in [6.45, 7) is 6.83. The second kappa shape index (κ2) is 58.2. The molecule has 0 saturated heterocycles. The molecule has 3 unspecified atom stereocenters. The van der Waals surface area contributed by atoms with Crippen molar-refractivity contribution in [1.29, 1.82) is 0 Å². The molecule has 0 aliphatic heterocycles. The number of likely N-dealkylation sites (N-methyl/N-ethyl adjacent to an activating group) is 1. The Morgan fingerprint density at radius 3 is 1.19 bits per heavy atom. The van der Waals surface area contributed by atoms with Crippen molar-refractivity contribution in [3.8, 4) is 0 Å². The highest BCUT2D eigenvalue weighted by Gasteiger charge is 2.27. The van der Waals surface area contributed by atoms with E-state index in [9.17, 15) is 19.0 Å². The van der Waals surface area contributed by atoms with Crippen molar-refractivity contribution in [2.24, 2.45) is 0 Å². The maximum Gasteiger partial charge on any atom is 0.306 e. The number of allylic oxidation sites excluding steroid dienone is 7. The predicted octanol–water partition coefficient (Wildman–Crippen LogP) is 20.2. The van der Waals surface area contributed by atoms with Crippen LogP contribution in [-0.2, 0) is 27.9 Å². The van der Waals surface area contributed by atoms with Gasteiger partial charge in [0.25, 0.3) is 7.82 Å². The molecule has 0 aromatic rings. The number of unbranched alkanes of at least 4 members (excludes halogenated alkanes) is 40. The number of phosphoric acid groups is 1. The van der Waals surface area contributed by atoms with Crippen LogP contribution >= 0.6 is 7.82 Å². The number of quaternary nitrogens is 1. The van der Waals surface area contributed by atoms with E-state index in [0.717, 1.165) is 77.0 Å². The van der Waals surface area contributed by atoms with Crippen molar-refractivity contribution >= 4 is 19.7 Å². The van der Waals surface area contributed by atoms with Gasteiger partial charge in [-0.05, 0) is 83.1 Å². The van der Waals surface area contributed by atoms with Crippen LogP contribution in [0.2, 0.25) is 0 Å². The van der Waals surface area contributed by atoms with E-state index < -0.39 is 20.0 Å². The molecule has 78 heavy (non-hydrogen) atoms. The predicted molar refractivity (Wildman–Crippen MR) is 335 cm³/mol. The van der Waals surface area contributed by atoms with Crippen LogP contribution in [0.15, 0.2) is 48.6 Å². The number of rotatable bonds is 61. The van der Waals surface area contributed by atoms with Crippen LogP contribution < -0.4 is 10.2 Å². The summed E-state index contributed by atoms with van der Waals surface area (Å²) >= 11 is 0. The fraction of sp³-hybridized carbons (Fsp3) is 0.853. The lowest BCUT2D eigenvalue weighted by molar-refractivity contribution is -0.870. The highest BCUT2D eigenvalue weighted by atomic mass is 31.2. The molecular formula is C68H129N2O7P. The largest absolute Gasteiger partial charge is 0.756 e. The number of hydrogen-bond donors (Lipinski definition) is 1. The quantitative estimate of drug-likeness (QED) is 0.0161. The lowest BCUT2D eigenvalue weighted by atomic mass is 10.0. The Bertz CT molecular complexity index is 1470. The average Bonchev–Trinajstić information content (AvgIpc) is 3.40. The SMILES string of the molecule is CCCCC/C=C/C=C/CCCCCCCCC(=O)OC(/C=C\CCCCCCCCCCCC)C(COP(=O)([O-])OCC[N+](C)(C)C)NC(=O)CCCCCCCCCCCCCCCCC/C=C/CCCCCCCC. The Hall–Kier alpha value is -2.03. The van der Waals surface area contributed by atoms with Gasteiger partial charge in [-0.25, -0.2) is 0 Å². The van der Waals surface area contributed by atoms with Crippen LogP contribution in [0.5, 0.6) is 0 Å². The summed E-state index contributed by atoms with van der Waals surface area (Å²) in [6.07, 6.45) is 72.3. The number of ether oxygens (including phenoxy) is 1. The molecule has 0 bridgehead atoms. The lowest BCUT2D eigenvalue weighted by Gasteiger charge is -2.30. The van der Waals surface area contributed by atoms with E-state index in [0.29, 0.717) is 17.4 Å². The fourth-order valence-corrected chi connectivity index (χ4v) is 10.5. The van der Waals surface area contributed by atoms with Crippen molar-refractivity contribution in [3.05, 3.63) is 48.6 Å². The first kappa shape index (κ1) is 76.0. The van der Waals surface area contributed by atoms with Gasteiger partial charge in [0.05, 0.1) is 33.8 Å². The van der Waals surface area contributed by atoms with E-state index in [2.05, 4.69) is 62.5 Å². The van der Waals surface area contributed by atoms with Crippen molar-refractivity contribution in [2.45, 2.75) is 335 Å². The molecule has 0 saturated carbocycles. The first-order valence-electron chi connectivity index (χ1n) is 33.5. The third-order valence-electron chi connectivity index (χ3n) is 15.0. The summed E-state index contributed by atoms with van der Waals surface area (Å²) in [5.74, 6) is -0.543. The van der Waals surface area contributed by atoms with Gasteiger partial charge in [0, 0.05) is 12.8 Å². The summed E-state index contributed by atoms with van der Waals surface area (Å²) < 4.78 is 30.4. The molecule has 0 aromatic heterocycles. The van der Waals surface area contributed by atoms with Crippen LogP contribution in [0.3, 0.4) is 0 Å². The van der Waals surface area contributed by atoms with Crippen LogP contribution in [0, 0.1) is 0 Å². The van der Waals surface area contributed by atoms with Gasteiger partial charge >= 0.3 is 5.97 Å². The highest BCUT2D eigenvalue weighted by molar-refractivity contribution is 7.45. The van der Waals surface area contributed by atoms with Crippen LogP contribution in [0.25, 0.3) is 0 Å². The first-order valence-corrected chi connectivity index (χ1v) is 34.9. The van der Waals surface area contributed by atoms with Crippen molar-refractivity contribution < 1.29 is 37.3 Å². The lowest BCUT2D eigenvalue weighted by Crippen LogP contribution is -2.47. The number of carbonyl (C=O) groups is 2. The van der Waals surface area contributed by atoms with Crippen molar-refractivity contribution in [2.75, 3.05) is 40.9 Å². The average molecular weight is 1120 g/mol.